The van der Waals surface area contributed by atoms with Gasteiger partial charge in [0.1, 0.15) is 12.0 Å². The minimum absolute atomic E-state index is 0.103. The smallest absolute Gasteiger partial charge is 0.414 e. The average molecular weight is 508 g/mol. The number of hydrogen-bond acceptors (Lipinski definition) is 8. The van der Waals surface area contributed by atoms with Crippen molar-refractivity contribution in [2.24, 2.45) is 0 Å². The van der Waals surface area contributed by atoms with Crippen molar-refractivity contribution in [1.82, 2.24) is 15.2 Å². The molecule has 0 bridgehead atoms. The molecule has 1 aliphatic carbocycles. The molecule has 0 saturated carbocycles. The van der Waals surface area contributed by atoms with Gasteiger partial charge in [-0.3, -0.25) is 4.79 Å². The molecule has 3 rings (SSSR count). The van der Waals surface area contributed by atoms with E-state index in [1.54, 1.807) is 29.3 Å². The summed E-state index contributed by atoms with van der Waals surface area (Å²) < 4.78 is 5.87. The number of carboxylic acid groups (broad SMARTS) is 1. The number of nitriles is 1. The summed E-state index contributed by atoms with van der Waals surface area (Å²) in [4.78, 5) is 25.6. The number of nitrogens with one attached hydrogen (secondary N) is 2. The standard InChI is InChI=1S/C22H23Cl2N5O5/c1-2-28(22(32)33)21(31)18(11-25)27-26-13-9-16(23)20(17(24)10-13)34-15-7-8-19(30)29(12-15)14-5-3-4-6-14/h5,7-10,12,18-19,26-27,30H,2-4,6H2,1H3,(H,32,33). The largest absolute Gasteiger partial charge is 0.465 e. The molecule has 2 unspecified atom stereocenters. The predicted octanol–water partition coefficient (Wildman–Crippen LogP) is 3.81. The number of hydrogen-bond donors (Lipinski definition) is 4. The van der Waals surface area contributed by atoms with Crippen LogP contribution < -0.4 is 15.6 Å². The summed E-state index contributed by atoms with van der Waals surface area (Å²) in [6.07, 6.45) is 7.54. The van der Waals surface area contributed by atoms with Gasteiger partial charge < -0.3 is 25.3 Å². The minimum atomic E-state index is -1.47. The summed E-state index contributed by atoms with van der Waals surface area (Å²) in [7, 11) is 0. The number of hydrazine groups is 1. The van der Waals surface area contributed by atoms with Crippen LogP contribution in [0.1, 0.15) is 26.2 Å². The highest BCUT2D eigenvalue weighted by atomic mass is 35.5. The zero-order valence-electron chi connectivity index (χ0n) is 18.2. The van der Waals surface area contributed by atoms with Gasteiger partial charge in [0.15, 0.2) is 11.8 Å². The second-order valence-electron chi connectivity index (χ2n) is 7.37. The first-order valence-corrected chi connectivity index (χ1v) is 11.2. The summed E-state index contributed by atoms with van der Waals surface area (Å²) in [5, 5.41) is 28.9. The predicted molar refractivity (Wildman–Crippen MR) is 126 cm³/mol. The van der Waals surface area contributed by atoms with Crippen LogP contribution in [0.25, 0.3) is 0 Å². The van der Waals surface area contributed by atoms with Crippen LogP contribution in [0.3, 0.4) is 0 Å². The second kappa shape index (κ2) is 11.3. The van der Waals surface area contributed by atoms with E-state index in [-0.39, 0.29) is 22.3 Å². The average Bonchev–Trinajstić information content (AvgIpc) is 3.32. The molecule has 0 fully saturated rings. The van der Waals surface area contributed by atoms with E-state index in [9.17, 15) is 20.0 Å². The lowest BCUT2D eigenvalue weighted by Gasteiger charge is -2.29. The van der Waals surface area contributed by atoms with E-state index in [1.807, 2.05) is 0 Å². The number of likely N-dealkylation sites (N-methyl/N-ethyl adjacent to an activating group) is 1. The number of aliphatic hydroxyl groups excluding tert-OH is 1. The lowest BCUT2D eigenvalue weighted by atomic mass is 10.2. The number of amides is 2. The number of imide groups is 1. The number of rotatable bonds is 8. The van der Waals surface area contributed by atoms with Gasteiger partial charge in [-0.1, -0.05) is 29.3 Å². The first kappa shape index (κ1) is 25.4. The summed E-state index contributed by atoms with van der Waals surface area (Å²) in [6, 6.07) is 3.16. The zero-order chi connectivity index (χ0) is 24.8. The molecule has 1 aromatic rings. The SMILES string of the molecule is CCN(C(=O)O)C(=O)C(C#N)NNc1cc(Cl)c(OC2=CN(C3=CCCC3)C(O)C=C2)c(Cl)c1. The number of aliphatic hydroxyl groups is 1. The quantitative estimate of drug-likeness (QED) is 0.386. The van der Waals surface area contributed by atoms with Crippen LogP contribution in [0.4, 0.5) is 10.5 Å². The Hall–Kier alpha value is -3.23. The molecule has 0 radical (unpaired) electrons. The molecule has 180 valence electrons. The zero-order valence-corrected chi connectivity index (χ0v) is 19.7. The van der Waals surface area contributed by atoms with Gasteiger partial charge in [0.25, 0.3) is 5.91 Å². The van der Waals surface area contributed by atoms with Crippen LogP contribution in [0.5, 0.6) is 5.75 Å². The van der Waals surface area contributed by atoms with Gasteiger partial charge >= 0.3 is 6.09 Å². The van der Waals surface area contributed by atoms with Crippen LogP contribution in [0.15, 0.2) is 48.0 Å². The van der Waals surface area contributed by atoms with Crippen LogP contribution in [0.2, 0.25) is 10.0 Å². The van der Waals surface area contributed by atoms with Crippen LogP contribution in [-0.4, -0.2) is 50.8 Å². The Morgan fingerprint density at radius 3 is 2.65 bits per heavy atom. The second-order valence-corrected chi connectivity index (χ2v) is 8.18. The molecule has 2 amide bonds. The summed E-state index contributed by atoms with van der Waals surface area (Å²) in [6.45, 7) is 1.38. The van der Waals surface area contributed by atoms with Crippen molar-refractivity contribution in [3.8, 4) is 11.8 Å². The maximum Gasteiger partial charge on any atom is 0.414 e. The third kappa shape index (κ3) is 5.81. The van der Waals surface area contributed by atoms with Crippen molar-refractivity contribution >= 4 is 40.9 Å². The molecule has 1 aliphatic heterocycles. The normalized spacial score (nSPS) is 18.0. The van der Waals surface area contributed by atoms with Gasteiger partial charge in [-0.2, -0.15) is 5.26 Å². The van der Waals surface area contributed by atoms with E-state index in [0.29, 0.717) is 16.3 Å². The number of anilines is 1. The third-order valence-corrected chi connectivity index (χ3v) is 5.66. The molecule has 0 spiro atoms. The molecule has 10 nitrogen and oxygen atoms in total. The fourth-order valence-corrected chi connectivity index (χ4v) is 3.99. The van der Waals surface area contributed by atoms with Gasteiger partial charge in [0.2, 0.25) is 0 Å². The summed E-state index contributed by atoms with van der Waals surface area (Å²) in [5.74, 6) is -0.330. The van der Waals surface area contributed by atoms with Crippen LogP contribution in [0, 0.1) is 11.3 Å². The Labute approximate surface area is 206 Å². The number of carbonyl (C=O) groups excluding carboxylic acids is 1. The van der Waals surface area contributed by atoms with E-state index in [2.05, 4.69) is 16.9 Å². The number of halogens is 2. The number of benzene rings is 1. The summed E-state index contributed by atoms with van der Waals surface area (Å²) >= 11 is 12.7. The Bertz CT molecular complexity index is 1070. The van der Waals surface area contributed by atoms with E-state index in [1.165, 1.54) is 19.1 Å². The maximum atomic E-state index is 12.2. The van der Waals surface area contributed by atoms with Crippen molar-refractivity contribution in [3.05, 3.63) is 58.1 Å². The molecule has 2 aliphatic rings. The van der Waals surface area contributed by atoms with Crippen molar-refractivity contribution < 1.29 is 24.5 Å². The molecular formula is C22H23Cl2N5O5. The Morgan fingerprint density at radius 2 is 2.09 bits per heavy atom. The minimum Gasteiger partial charge on any atom is -0.465 e. The molecule has 4 N–H and O–H groups in total. The molecular weight excluding hydrogens is 485 g/mol. The van der Waals surface area contributed by atoms with Gasteiger partial charge in [0, 0.05) is 18.4 Å². The van der Waals surface area contributed by atoms with Gasteiger partial charge in [-0.25, -0.2) is 15.1 Å². The fourth-order valence-electron chi connectivity index (χ4n) is 3.43. The molecule has 1 aromatic carbocycles. The Balaban J connectivity index is 1.71. The monoisotopic (exact) mass is 507 g/mol. The first-order valence-electron chi connectivity index (χ1n) is 10.4. The molecule has 34 heavy (non-hydrogen) atoms. The lowest BCUT2D eigenvalue weighted by Crippen LogP contribution is -2.49. The third-order valence-electron chi connectivity index (χ3n) is 5.10. The molecule has 0 aromatic heterocycles. The lowest BCUT2D eigenvalue weighted by molar-refractivity contribution is -0.129. The summed E-state index contributed by atoms with van der Waals surface area (Å²) in [5.41, 5.74) is 6.43. The van der Waals surface area contributed by atoms with Crippen molar-refractivity contribution in [2.75, 3.05) is 12.0 Å². The first-order chi connectivity index (χ1) is 16.2. The van der Waals surface area contributed by atoms with Crippen molar-refractivity contribution in [3.63, 3.8) is 0 Å². The van der Waals surface area contributed by atoms with Crippen molar-refractivity contribution in [2.45, 2.75) is 38.5 Å². The highest BCUT2D eigenvalue weighted by Crippen LogP contribution is 2.38. The highest BCUT2D eigenvalue weighted by molar-refractivity contribution is 6.37. The topological polar surface area (TPSA) is 138 Å². The molecule has 1 heterocycles. The van der Waals surface area contributed by atoms with E-state index >= 15 is 0 Å². The van der Waals surface area contributed by atoms with Gasteiger partial charge in [0.05, 0.1) is 21.8 Å². The Kier molecular flexibility index (Phi) is 8.41. The van der Waals surface area contributed by atoms with Crippen LogP contribution in [-0.2, 0) is 4.79 Å². The molecule has 2 atom stereocenters. The maximum absolute atomic E-state index is 12.2. The van der Waals surface area contributed by atoms with Crippen LogP contribution >= 0.6 is 23.2 Å². The number of carbonyl (C=O) groups is 2. The van der Waals surface area contributed by atoms with Crippen molar-refractivity contribution in [1.29, 1.82) is 5.26 Å². The van der Waals surface area contributed by atoms with Gasteiger partial charge in [-0.15, -0.1) is 0 Å². The van der Waals surface area contributed by atoms with E-state index in [4.69, 9.17) is 33.0 Å². The highest BCUT2D eigenvalue weighted by Gasteiger charge is 2.27. The number of allylic oxidation sites excluding steroid dienone is 3. The van der Waals surface area contributed by atoms with E-state index in [0.717, 1.165) is 25.0 Å². The fraction of sp³-hybridized carbons (Fsp3) is 0.318. The van der Waals surface area contributed by atoms with Gasteiger partial charge in [-0.05, 0) is 50.5 Å². The Morgan fingerprint density at radius 1 is 1.38 bits per heavy atom. The molecule has 0 saturated heterocycles. The molecule has 12 heteroatoms. The van der Waals surface area contributed by atoms with E-state index < -0.39 is 24.3 Å². The number of nitrogens with zero attached hydrogens (tertiary/aromatic N) is 3. The number of ether oxygens (including phenoxy) is 1.